The lowest BCUT2D eigenvalue weighted by Crippen LogP contribution is -1.95. The maximum Gasteiger partial charge on any atom is 0.222 e. The van der Waals surface area contributed by atoms with Crippen molar-refractivity contribution in [2.45, 2.75) is 6.92 Å². The van der Waals surface area contributed by atoms with Gasteiger partial charge in [-0.1, -0.05) is 0 Å². The first-order chi connectivity index (χ1) is 8.65. The van der Waals surface area contributed by atoms with Crippen LogP contribution in [-0.2, 0) is 0 Å². The third kappa shape index (κ3) is 2.38. The van der Waals surface area contributed by atoms with E-state index < -0.39 is 0 Å². The Morgan fingerprint density at radius 1 is 1.11 bits per heavy atom. The van der Waals surface area contributed by atoms with E-state index in [1.54, 1.807) is 26.5 Å². The highest BCUT2D eigenvalue weighted by molar-refractivity contribution is 6.28. The van der Waals surface area contributed by atoms with Crippen LogP contribution in [0, 0.1) is 6.92 Å². The van der Waals surface area contributed by atoms with Crippen LogP contribution >= 0.6 is 11.6 Å². The molecule has 0 aliphatic carbocycles. The highest BCUT2D eigenvalue weighted by atomic mass is 35.5. The van der Waals surface area contributed by atoms with Crippen LogP contribution in [0.5, 0.6) is 11.5 Å². The number of ether oxygens (including phenoxy) is 2. The Hall–Kier alpha value is -1.81. The maximum atomic E-state index is 5.80. The zero-order chi connectivity index (χ0) is 13.1. The lowest BCUT2D eigenvalue weighted by atomic mass is 10.1. The fourth-order valence-electron chi connectivity index (χ4n) is 1.74. The van der Waals surface area contributed by atoms with Gasteiger partial charge in [-0.05, 0) is 42.3 Å². The first kappa shape index (κ1) is 12.6. The molecule has 1 aromatic carbocycles. The van der Waals surface area contributed by atoms with Crippen molar-refractivity contribution >= 4 is 11.6 Å². The summed E-state index contributed by atoms with van der Waals surface area (Å²) in [7, 11) is 3.25. The normalized spacial score (nSPS) is 10.2. The fourth-order valence-corrected chi connectivity index (χ4v) is 1.88. The minimum Gasteiger partial charge on any atom is -0.496 e. The van der Waals surface area contributed by atoms with E-state index in [0.717, 1.165) is 22.6 Å². The minimum atomic E-state index is 0.203. The van der Waals surface area contributed by atoms with E-state index in [1.165, 1.54) is 0 Å². The number of methoxy groups -OCH3 is 2. The van der Waals surface area contributed by atoms with Gasteiger partial charge in [-0.2, -0.15) is 0 Å². The van der Waals surface area contributed by atoms with Gasteiger partial charge in [0.2, 0.25) is 5.28 Å². The van der Waals surface area contributed by atoms with Gasteiger partial charge in [0.15, 0.2) is 0 Å². The number of nitrogens with zero attached hydrogens (tertiary/aromatic N) is 2. The number of hydrogen-bond acceptors (Lipinski definition) is 4. The second-order valence-corrected chi connectivity index (χ2v) is 4.07. The maximum absolute atomic E-state index is 5.80. The van der Waals surface area contributed by atoms with E-state index in [-0.39, 0.29) is 5.28 Å². The first-order valence-electron chi connectivity index (χ1n) is 5.37. The van der Waals surface area contributed by atoms with Crippen LogP contribution in [0.2, 0.25) is 5.28 Å². The smallest absolute Gasteiger partial charge is 0.222 e. The van der Waals surface area contributed by atoms with Crippen molar-refractivity contribution in [1.29, 1.82) is 0 Å². The summed E-state index contributed by atoms with van der Waals surface area (Å²) in [6.45, 7) is 1.96. The molecule has 0 N–H and O–H groups in total. The van der Waals surface area contributed by atoms with Crippen LogP contribution < -0.4 is 9.47 Å². The molecule has 0 spiro atoms. The summed E-state index contributed by atoms with van der Waals surface area (Å²) in [6, 6.07) is 5.56. The van der Waals surface area contributed by atoms with E-state index >= 15 is 0 Å². The molecule has 0 saturated heterocycles. The molecular formula is C13H13ClN2O2. The molecule has 1 aromatic heterocycles. The number of rotatable bonds is 3. The SMILES string of the molecule is COc1cc(-c2ccnc(Cl)n2)c(OC)cc1C. The van der Waals surface area contributed by atoms with E-state index in [1.807, 2.05) is 19.1 Å². The summed E-state index contributed by atoms with van der Waals surface area (Å²) in [5, 5.41) is 0.203. The molecule has 0 aliphatic rings. The molecule has 4 nitrogen and oxygen atoms in total. The Morgan fingerprint density at radius 2 is 1.83 bits per heavy atom. The molecule has 94 valence electrons. The highest BCUT2D eigenvalue weighted by Gasteiger charge is 2.12. The Kier molecular flexibility index (Phi) is 3.67. The molecule has 5 heteroatoms. The minimum absolute atomic E-state index is 0.203. The second kappa shape index (κ2) is 5.23. The zero-order valence-corrected chi connectivity index (χ0v) is 11.2. The number of aryl methyl sites for hydroxylation is 1. The lowest BCUT2D eigenvalue weighted by molar-refractivity contribution is 0.401. The topological polar surface area (TPSA) is 44.2 Å². The van der Waals surface area contributed by atoms with Gasteiger partial charge in [0, 0.05) is 11.8 Å². The predicted molar refractivity (Wildman–Crippen MR) is 70.3 cm³/mol. The molecule has 0 amide bonds. The van der Waals surface area contributed by atoms with E-state index in [2.05, 4.69) is 9.97 Å². The van der Waals surface area contributed by atoms with Crippen molar-refractivity contribution in [3.8, 4) is 22.8 Å². The first-order valence-corrected chi connectivity index (χ1v) is 5.75. The molecule has 0 aliphatic heterocycles. The zero-order valence-electron chi connectivity index (χ0n) is 10.4. The number of halogens is 1. The van der Waals surface area contributed by atoms with Crippen LogP contribution in [0.15, 0.2) is 24.4 Å². The van der Waals surface area contributed by atoms with Crippen LogP contribution in [0.25, 0.3) is 11.3 Å². The number of benzene rings is 1. The van der Waals surface area contributed by atoms with Crippen LogP contribution in [0.3, 0.4) is 0 Å². The van der Waals surface area contributed by atoms with E-state index in [9.17, 15) is 0 Å². The van der Waals surface area contributed by atoms with Crippen LogP contribution in [-0.4, -0.2) is 24.2 Å². The highest BCUT2D eigenvalue weighted by Crippen LogP contribution is 2.34. The van der Waals surface area contributed by atoms with Gasteiger partial charge < -0.3 is 9.47 Å². The van der Waals surface area contributed by atoms with Crippen molar-refractivity contribution < 1.29 is 9.47 Å². The Bertz CT molecular complexity index is 573. The van der Waals surface area contributed by atoms with Gasteiger partial charge >= 0.3 is 0 Å². The molecule has 0 bridgehead atoms. The summed E-state index contributed by atoms with van der Waals surface area (Å²) >= 11 is 5.80. The average molecular weight is 265 g/mol. The van der Waals surface area contributed by atoms with Crippen molar-refractivity contribution in [3.05, 3.63) is 35.2 Å². The quantitative estimate of drug-likeness (QED) is 0.799. The molecule has 0 radical (unpaired) electrons. The molecule has 2 rings (SSSR count). The van der Waals surface area contributed by atoms with Gasteiger partial charge in [0.1, 0.15) is 11.5 Å². The Morgan fingerprint density at radius 3 is 2.44 bits per heavy atom. The standard InChI is InChI=1S/C13H13ClN2O2/c1-8-6-12(18-3)9(7-11(8)17-2)10-4-5-15-13(14)16-10/h4-7H,1-3H3. The molecule has 0 saturated carbocycles. The molecule has 0 fully saturated rings. The number of aromatic nitrogens is 2. The predicted octanol–water partition coefficient (Wildman–Crippen LogP) is 3.12. The van der Waals surface area contributed by atoms with Crippen molar-refractivity contribution in [2.24, 2.45) is 0 Å². The van der Waals surface area contributed by atoms with Crippen LogP contribution in [0.1, 0.15) is 5.56 Å². The summed E-state index contributed by atoms with van der Waals surface area (Å²) in [5.74, 6) is 1.50. The summed E-state index contributed by atoms with van der Waals surface area (Å²) < 4.78 is 10.7. The number of hydrogen-bond donors (Lipinski definition) is 0. The molecule has 18 heavy (non-hydrogen) atoms. The van der Waals surface area contributed by atoms with Crippen molar-refractivity contribution in [1.82, 2.24) is 9.97 Å². The van der Waals surface area contributed by atoms with Crippen LogP contribution in [0.4, 0.5) is 0 Å². The van der Waals surface area contributed by atoms with Crippen molar-refractivity contribution in [3.63, 3.8) is 0 Å². The molecule has 0 atom stereocenters. The van der Waals surface area contributed by atoms with Gasteiger partial charge in [-0.3, -0.25) is 0 Å². The monoisotopic (exact) mass is 264 g/mol. The van der Waals surface area contributed by atoms with Gasteiger partial charge in [0.25, 0.3) is 0 Å². The average Bonchev–Trinajstić information content (AvgIpc) is 2.38. The third-order valence-corrected chi connectivity index (χ3v) is 2.80. The van der Waals surface area contributed by atoms with E-state index in [0.29, 0.717) is 5.69 Å². The van der Waals surface area contributed by atoms with E-state index in [4.69, 9.17) is 21.1 Å². The van der Waals surface area contributed by atoms with Gasteiger partial charge in [0.05, 0.1) is 19.9 Å². The molecule has 0 unspecified atom stereocenters. The summed E-state index contributed by atoms with van der Waals surface area (Å²) in [6.07, 6.45) is 1.61. The van der Waals surface area contributed by atoms with Gasteiger partial charge in [-0.25, -0.2) is 9.97 Å². The lowest BCUT2D eigenvalue weighted by Gasteiger charge is -2.12. The fraction of sp³-hybridized carbons (Fsp3) is 0.231. The van der Waals surface area contributed by atoms with Crippen molar-refractivity contribution in [2.75, 3.05) is 14.2 Å². The molecular weight excluding hydrogens is 252 g/mol. The Labute approximate surface area is 111 Å². The summed E-state index contributed by atoms with van der Waals surface area (Å²) in [5.41, 5.74) is 2.52. The third-order valence-electron chi connectivity index (χ3n) is 2.62. The summed E-state index contributed by atoms with van der Waals surface area (Å²) in [4.78, 5) is 8.04. The Balaban J connectivity index is 2.61. The largest absolute Gasteiger partial charge is 0.496 e. The molecule has 2 aromatic rings. The molecule has 1 heterocycles. The second-order valence-electron chi connectivity index (χ2n) is 3.73. The van der Waals surface area contributed by atoms with Gasteiger partial charge in [-0.15, -0.1) is 0 Å².